The van der Waals surface area contributed by atoms with E-state index < -0.39 is 0 Å². The Labute approximate surface area is 108 Å². The van der Waals surface area contributed by atoms with Crippen LogP contribution >= 0.6 is 0 Å². The second-order valence-corrected chi connectivity index (χ2v) is 5.32. The Morgan fingerprint density at radius 1 is 1.00 bits per heavy atom. The molecule has 90 valence electrons. The van der Waals surface area contributed by atoms with E-state index in [9.17, 15) is 4.79 Å². The van der Waals surface area contributed by atoms with Crippen LogP contribution in [0.4, 0.5) is 0 Å². The van der Waals surface area contributed by atoms with Crippen LogP contribution in [0.3, 0.4) is 0 Å². The summed E-state index contributed by atoms with van der Waals surface area (Å²) in [5, 5.41) is 0. The minimum absolute atomic E-state index is 0.433. The Kier molecular flexibility index (Phi) is 3.02. The number of fused-ring (bicyclic) bond motifs is 2. The number of hydrogen-bond acceptors (Lipinski definition) is 1. The highest BCUT2D eigenvalue weighted by Gasteiger charge is 2.30. The normalized spacial score (nSPS) is 26.0. The van der Waals surface area contributed by atoms with Gasteiger partial charge in [-0.3, -0.25) is 4.79 Å². The Bertz CT molecular complexity index is 542. The lowest BCUT2D eigenvalue weighted by Crippen LogP contribution is -2.25. The second kappa shape index (κ2) is 4.82. The number of rotatable bonds is 0. The van der Waals surface area contributed by atoms with Gasteiger partial charge in [-0.05, 0) is 42.4 Å². The lowest BCUT2D eigenvalue weighted by molar-refractivity contribution is -0.122. The van der Waals surface area contributed by atoms with Crippen molar-refractivity contribution in [3.05, 3.63) is 47.5 Å². The average molecular weight is 236 g/mol. The van der Waals surface area contributed by atoms with Crippen molar-refractivity contribution < 1.29 is 4.79 Å². The van der Waals surface area contributed by atoms with E-state index in [1.54, 1.807) is 0 Å². The zero-order valence-electron chi connectivity index (χ0n) is 10.4. The number of hydrogen-bond donors (Lipinski definition) is 0. The SMILES string of the molecule is O=C1CC2C=C(C#Cc3ccccc3)CC(C1)C2. The van der Waals surface area contributed by atoms with Gasteiger partial charge in [-0.25, -0.2) is 0 Å². The molecule has 1 saturated carbocycles. The maximum atomic E-state index is 11.5. The van der Waals surface area contributed by atoms with Crippen molar-refractivity contribution in [2.45, 2.75) is 25.7 Å². The lowest BCUT2D eigenvalue weighted by atomic mass is 9.73. The van der Waals surface area contributed by atoms with E-state index in [0.29, 0.717) is 17.6 Å². The quantitative estimate of drug-likeness (QED) is 0.631. The first-order valence-corrected chi connectivity index (χ1v) is 6.59. The third-order valence-corrected chi connectivity index (χ3v) is 3.73. The number of Topliss-reactive ketones (excluding diaryl/α,β-unsaturated/α-hetero) is 1. The summed E-state index contributed by atoms with van der Waals surface area (Å²) in [7, 11) is 0. The predicted octanol–water partition coefficient (Wildman–Crippen LogP) is 3.35. The molecule has 2 bridgehead atoms. The molecule has 1 aromatic rings. The molecule has 1 aromatic carbocycles. The molecule has 0 N–H and O–H groups in total. The average Bonchev–Trinajstić information content (AvgIpc) is 2.36. The summed E-state index contributed by atoms with van der Waals surface area (Å²) in [5.41, 5.74) is 2.29. The summed E-state index contributed by atoms with van der Waals surface area (Å²) in [6.07, 6.45) is 5.89. The van der Waals surface area contributed by atoms with E-state index in [2.05, 4.69) is 17.9 Å². The predicted molar refractivity (Wildman–Crippen MR) is 71.9 cm³/mol. The van der Waals surface area contributed by atoms with Crippen LogP contribution < -0.4 is 0 Å². The molecule has 0 heterocycles. The first-order valence-electron chi connectivity index (χ1n) is 6.59. The highest BCUT2D eigenvalue weighted by molar-refractivity contribution is 5.80. The van der Waals surface area contributed by atoms with Gasteiger partial charge in [-0.15, -0.1) is 0 Å². The van der Waals surface area contributed by atoms with Gasteiger partial charge in [-0.1, -0.05) is 36.1 Å². The largest absolute Gasteiger partial charge is 0.300 e. The number of benzene rings is 1. The van der Waals surface area contributed by atoms with Gasteiger partial charge >= 0.3 is 0 Å². The van der Waals surface area contributed by atoms with Gasteiger partial charge in [0.15, 0.2) is 0 Å². The number of carbonyl (C=O) groups is 1. The fourth-order valence-electron chi connectivity index (χ4n) is 3.01. The van der Waals surface area contributed by atoms with Crippen molar-refractivity contribution in [1.29, 1.82) is 0 Å². The number of ketones is 1. The van der Waals surface area contributed by atoms with Gasteiger partial charge in [0.2, 0.25) is 0 Å². The molecule has 1 heteroatoms. The Balaban J connectivity index is 1.79. The van der Waals surface area contributed by atoms with Crippen molar-refractivity contribution in [1.82, 2.24) is 0 Å². The van der Waals surface area contributed by atoms with Crippen molar-refractivity contribution in [3.8, 4) is 11.8 Å². The topological polar surface area (TPSA) is 17.1 Å². The molecule has 3 rings (SSSR count). The zero-order chi connectivity index (χ0) is 12.4. The Morgan fingerprint density at radius 3 is 2.61 bits per heavy atom. The number of allylic oxidation sites excluding steroid dienone is 2. The van der Waals surface area contributed by atoms with Crippen molar-refractivity contribution in [2.24, 2.45) is 11.8 Å². The van der Waals surface area contributed by atoms with E-state index in [-0.39, 0.29) is 0 Å². The molecule has 0 saturated heterocycles. The minimum Gasteiger partial charge on any atom is -0.300 e. The van der Waals surface area contributed by atoms with Crippen LogP contribution in [0, 0.1) is 23.7 Å². The highest BCUT2D eigenvalue weighted by Crippen LogP contribution is 2.36. The standard InChI is InChI=1S/C17H16O/c18-17-11-15-8-14(9-16(10-15)12-17)7-6-13-4-2-1-3-5-13/h1-5,8,15-16H,9-12H2. The summed E-state index contributed by atoms with van der Waals surface area (Å²) in [6.45, 7) is 0. The molecule has 2 unspecified atom stereocenters. The summed E-state index contributed by atoms with van der Waals surface area (Å²) in [4.78, 5) is 11.5. The van der Waals surface area contributed by atoms with Crippen LogP contribution in [0.25, 0.3) is 0 Å². The monoisotopic (exact) mass is 236 g/mol. The number of carbonyl (C=O) groups excluding carboxylic acids is 1. The summed E-state index contributed by atoms with van der Waals surface area (Å²) in [5.74, 6) is 7.92. The summed E-state index contributed by atoms with van der Waals surface area (Å²) >= 11 is 0. The van der Waals surface area contributed by atoms with Gasteiger partial charge in [0, 0.05) is 18.4 Å². The molecule has 2 aliphatic carbocycles. The van der Waals surface area contributed by atoms with Gasteiger partial charge in [0.25, 0.3) is 0 Å². The summed E-state index contributed by atoms with van der Waals surface area (Å²) in [6, 6.07) is 10.1. The molecule has 0 spiro atoms. The molecule has 2 atom stereocenters. The Morgan fingerprint density at radius 2 is 1.83 bits per heavy atom. The molecule has 1 nitrogen and oxygen atoms in total. The van der Waals surface area contributed by atoms with Crippen LogP contribution in [-0.2, 0) is 4.79 Å². The van der Waals surface area contributed by atoms with E-state index >= 15 is 0 Å². The minimum atomic E-state index is 0.433. The van der Waals surface area contributed by atoms with E-state index in [0.717, 1.165) is 24.8 Å². The maximum Gasteiger partial charge on any atom is 0.133 e. The molecule has 0 aliphatic heterocycles. The van der Waals surface area contributed by atoms with E-state index in [1.165, 1.54) is 12.0 Å². The van der Waals surface area contributed by atoms with Crippen LogP contribution in [0.2, 0.25) is 0 Å². The summed E-state index contributed by atoms with van der Waals surface area (Å²) < 4.78 is 0. The molecule has 1 fully saturated rings. The van der Waals surface area contributed by atoms with E-state index in [1.807, 2.05) is 30.3 Å². The molecular weight excluding hydrogens is 220 g/mol. The fourth-order valence-corrected chi connectivity index (χ4v) is 3.01. The molecule has 0 aromatic heterocycles. The lowest BCUT2D eigenvalue weighted by Gasteiger charge is -2.30. The second-order valence-electron chi connectivity index (χ2n) is 5.32. The van der Waals surface area contributed by atoms with Gasteiger partial charge in [0.1, 0.15) is 5.78 Å². The maximum absolute atomic E-state index is 11.5. The zero-order valence-corrected chi connectivity index (χ0v) is 10.4. The molecule has 18 heavy (non-hydrogen) atoms. The third kappa shape index (κ3) is 2.54. The Hall–Kier alpha value is -1.81. The molecule has 0 amide bonds. The molecule has 0 radical (unpaired) electrons. The first-order chi connectivity index (χ1) is 8.79. The van der Waals surface area contributed by atoms with Crippen molar-refractivity contribution in [3.63, 3.8) is 0 Å². The smallest absolute Gasteiger partial charge is 0.133 e. The van der Waals surface area contributed by atoms with Crippen LogP contribution in [0.1, 0.15) is 31.2 Å². The molecule has 2 aliphatic rings. The van der Waals surface area contributed by atoms with Gasteiger partial charge in [-0.2, -0.15) is 0 Å². The fraction of sp³-hybridized carbons (Fsp3) is 0.353. The first kappa shape index (κ1) is 11.3. The van der Waals surface area contributed by atoms with Gasteiger partial charge in [0.05, 0.1) is 0 Å². The highest BCUT2D eigenvalue weighted by atomic mass is 16.1. The van der Waals surface area contributed by atoms with Crippen LogP contribution in [0.15, 0.2) is 42.0 Å². The molecular formula is C17H16O. The van der Waals surface area contributed by atoms with E-state index in [4.69, 9.17) is 0 Å². The van der Waals surface area contributed by atoms with Crippen LogP contribution in [-0.4, -0.2) is 5.78 Å². The van der Waals surface area contributed by atoms with Gasteiger partial charge < -0.3 is 0 Å². The third-order valence-electron chi connectivity index (χ3n) is 3.73. The van der Waals surface area contributed by atoms with Crippen molar-refractivity contribution >= 4 is 5.78 Å². The van der Waals surface area contributed by atoms with Crippen molar-refractivity contribution in [2.75, 3.05) is 0 Å². The van der Waals surface area contributed by atoms with Crippen LogP contribution in [0.5, 0.6) is 0 Å².